The molecule has 10 nitrogen and oxygen atoms in total. The Labute approximate surface area is 240 Å². The summed E-state index contributed by atoms with van der Waals surface area (Å²) < 4.78 is 40.3. The van der Waals surface area contributed by atoms with E-state index in [4.69, 9.17) is 15.2 Å². The first-order chi connectivity index (χ1) is 20.0. The molecule has 222 valence electrons. The van der Waals surface area contributed by atoms with Crippen LogP contribution in [0.4, 0.5) is 8.78 Å². The predicted molar refractivity (Wildman–Crippen MR) is 147 cm³/mol. The molecule has 0 radical (unpaired) electrons. The average Bonchev–Trinajstić information content (AvgIpc) is 3.45. The standard InChI is InChI=1S/C30H31F2N3O7/c1-16(2)9-25(30(39)40)42-27-23(32)14-22(31)26(34-27)41-21-12-19(18-6-3-5-17(10-18)15-33)11-20(13-21)28(36)35-8-4-7-24(35)29(37)38/h3,5-6,10-14,16,24-25H,4,7-9,15,33H2,1-2H3,(H,37,38)(H,39,40)/t24?,25-/m1/s1. The lowest BCUT2D eigenvalue weighted by Crippen LogP contribution is -2.40. The van der Waals surface area contributed by atoms with Crippen molar-refractivity contribution in [2.45, 2.75) is 51.8 Å². The number of rotatable bonds is 11. The van der Waals surface area contributed by atoms with Crippen molar-refractivity contribution in [1.82, 2.24) is 9.88 Å². The third-order valence-electron chi connectivity index (χ3n) is 6.74. The van der Waals surface area contributed by atoms with E-state index < -0.39 is 53.4 Å². The highest BCUT2D eigenvalue weighted by Crippen LogP contribution is 2.33. The number of halogens is 2. The van der Waals surface area contributed by atoms with Crippen molar-refractivity contribution < 1.29 is 42.9 Å². The Kier molecular flexibility index (Phi) is 9.36. The van der Waals surface area contributed by atoms with Gasteiger partial charge in [0.05, 0.1) is 0 Å². The van der Waals surface area contributed by atoms with Gasteiger partial charge in [0.2, 0.25) is 0 Å². The van der Waals surface area contributed by atoms with Crippen LogP contribution in [0.5, 0.6) is 17.5 Å². The van der Waals surface area contributed by atoms with Crippen molar-refractivity contribution >= 4 is 17.8 Å². The highest BCUT2D eigenvalue weighted by Gasteiger charge is 2.35. The Morgan fingerprint density at radius 1 is 1.05 bits per heavy atom. The molecule has 42 heavy (non-hydrogen) atoms. The van der Waals surface area contributed by atoms with Gasteiger partial charge in [-0.25, -0.2) is 18.4 Å². The van der Waals surface area contributed by atoms with E-state index in [-0.39, 0.29) is 36.7 Å². The molecule has 0 bridgehead atoms. The number of likely N-dealkylation sites (tertiary alicyclic amines) is 1. The van der Waals surface area contributed by atoms with E-state index in [0.29, 0.717) is 30.0 Å². The number of nitrogens with zero attached hydrogens (tertiary/aromatic N) is 2. The van der Waals surface area contributed by atoms with Gasteiger partial charge in [0, 0.05) is 24.7 Å². The highest BCUT2D eigenvalue weighted by molar-refractivity contribution is 5.98. The van der Waals surface area contributed by atoms with Crippen LogP contribution in [-0.4, -0.2) is 56.6 Å². The number of carbonyl (C=O) groups is 3. The number of hydrogen-bond acceptors (Lipinski definition) is 7. The monoisotopic (exact) mass is 583 g/mol. The smallest absolute Gasteiger partial charge is 0.344 e. The van der Waals surface area contributed by atoms with Gasteiger partial charge in [-0.05, 0) is 66.1 Å². The summed E-state index contributed by atoms with van der Waals surface area (Å²) in [7, 11) is 0. The highest BCUT2D eigenvalue weighted by atomic mass is 19.1. The van der Waals surface area contributed by atoms with E-state index >= 15 is 0 Å². The van der Waals surface area contributed by atoms with Crippen LogP contribution >= 0.6 is 0 Å². The summed E-state index contributed by atoms with van der Waals surface area (Å²) in [5.41, 5.74) is 7.81. The summed E-state index contributed by atoms with van der Waals surface area (Å²) in [6.45, 7) is 4.02. The topological polar surface area (TPSA) is 152 Å². The summed E-state index contributed by atoms with van der Waals surface area (Å²) in [5, 5.41) is 19.1. The van der Waals surface area contributed by atoms with E-state index in [1.807, 2.05) is 6.07 Å². The van der Waals surface area contributed by atoms with E-state index in [2.05, 4.69) is 4.98 Å². The van der Waals surface area contributed by atoms with Gasteiger partial charge in [0.25, 0.3) is 17.7 Å². The number of carboxylic acids is 2. The van der Waals surface area contributed by atoms with Gasteiger partial charge < -0.3 is 30.3 Å². The summed E-state index contributed by atoms with van der Waals surface area (Å²) in [5.74, 6) is -7.05. The molecule has 1 unspecified atom stereocenters. The van der Waals surface area contributed by atoms with Crippen molar-refractivity contribution in [3.8, 4) is 28.6 Å². The molecular weight excluding hydrogens is 552 g/mol. The number of carboxylic acid groups (broad SMARTS) is 2. The summed E-state index contributed by atoms with van der Waals surface area (Å²) >= 11 is 0. The molecule has 0 spiro atoms. The van der Waals surface area contributed by atoms with E-state index in [1.165, 1.54) is 17.0 Å². The second kappa shape index (κ2) is 12.9. The minimum Gasteiger partial charge on any atom is -0.480 e. The number of benzene rings is 2. The Hall–Kier alpha value is -4.58. The lowest BCUT2D eigenvalue weighted by Gasteiger charge is -2.22. The van der Waals surface area contributed by atoms with Crippen LogP contribution in [0.25, 0.3) is 11.1 Å². The average molecular weight is 584 g/mol. The maximum Gasteiger partial charge on any atom is 0.344 e. The zero-order chi connectivity index (χ0) is 30.6. The van der Waals surface area contributed by atoms with Gasteiger partial charge in [-0.1, -0.05) is 32.0 Å². The molecule has 1 fully saturated rings. The van der Waals surface area contributed by atoms with E-state index in [1.54, 1.807) is 38.1 Å². The Morgan fingerprint density at radius 3 is 2.45 bits per heavy atom. The molecule has 1 saturated heterocycles. The van der Waals surface area contributed by atoms with Gasteiger partial charge in [-0.2, -0.15) is 4.98 Å². The fraction of sp³-hybridized carbons (Fsp3) is 0.333. The molecule has 1 aliphatic heterocycles. The molecule has 2 heterocycles. The molecule has 4 rings (SSSR count). The van der Waals surface area contributed by atoms with Crippen LogP contribution in [0, 0.1) is 17.6 Å². The Bertz CT molecular complexity index is 1500. The van der Waals surface area contributed by atoms with Gasteiger partial charge in [-0.3, -0.25) is 4.79 Å². The lowest BCUT2D eigenvalue weighted by molar-refractivity contribution is -0.146. The summed E-state index contributed by atoms with van der Waals surface area (Å²) in [6, 6.07) is 11.0. The second-order valence-electron chi connectivity index (χ2n) is 10.4. The number of carbonyl (C=O) groups excluding carboxylic acids is 1. The zero-order valence-corrected chi connectivity index (χ0v) is 23.0. The largest absolute Gasteiger partial charge is 0.480 e. The minimum absolute atomic E-state index is 0.0488. The van der Waals surface area contributed by atoms with Crippen molar-refractivity contribution in [3.63, 3.8) is 0 Å². The molecule has 12 heteroatoms. The lowest BCUT2D eigenvalue weighted by atomic mass is 10.00. The van der Waals surface area contributed by atoms with Crippen LogP contribution in [-0.2, 0) is 16.1 Å². The number of pyridine rings is 1. The van der Waals surface area contributed by atoms with Crippen LogP contribution in [0.3, 0.4) is 0 Å². The van der Waals surface area contributed by atoms with Gasteiger partial charge in [-0.15, -0.1) is 0 Å². The van der Waals surface area contributed by atoms with E-state index in [9.17, 15) is 33.4 Å². The first-order valence-electron chi connectivity index (χ1n) is 13.4. The van der Waals surface area contributed by atoms with Gasteiger partial charge in [0.15, 0.2) is 17.7 Å². The maximum atomic E-state index is 14.8. The van der Waals surface area contributed by atoms with Gasteiger partial charge in [0.1, 0.15) is 11.8 Å². The molecule has 2 atom stereocenters. The fourth-order valence-corrected chi connectivity index (χ4v) is 4.72. The predicted octanol–water partition coefficient (Wildman–Crippen LogP) is 4.85. The third-order valence-corrected chi connectivity index (χ3v) is 6.74. The number of nitrogens with two attached hydrogens (primary N) is 1. The van der Waals surface area contributed by atoms with Crippen LogP contribution < -0.4 is 15.2 Å². The van der Waals surface area contributed by atoms with Crippen LogP contribution in [0.15, 0.2) is 48.5 Å². The first kappa shape index (κ1) is 30.4. The quantitative estimate of drug-likeness (QED) is 0.288. The molecule has 1 amide bonds. The third kappa shape index (κ3) is 7.00. The maximum absolute atomic E-state index is 14.8. The second-order valence-corrected chi connectivity index (χ2v) is 10.4. The first-order valence-corrected chi connectivity index (χ1v) is 13.4. The van der Waals surface area contributed by atoms with Crippen molar-refractivity contribution in [2.75, 3.05) is 6.54 Å². The molecule has 0 saturated carbocycles. The summed E-state index contributed by atoms with van der Waals surface area (Å²) in [6.07, 6.45) is -0.556. The molecule has 1 aromatic heterocycles. The molecule has 3 aromatic rings. The number of hydrogen-bond donors (Lipinski definition) is 3. The Balaban J connectivity index is 1.75. The molecule has 0 aliphatic carbocycles. The fourth-order valence-electron chi connectivity index (χ4n) is 4.72. The van der Waals surface area contributed by atoms with Crippen LogP contribution in [0.1, 0.15) is 49.0 Å². The molecular formula is C30H31F2N3O7. The van der Waals surface area contributed by atoms with E-state index in [0.717, 1.165) is 5.56 Å². The number of aromatic nitrogens is 1. The summed E-state index contributed by atoms with van der Waals surface area (Å²) in [4.78, 5) is 41.9. The van der Waals surface area contributed by atoms with Crippen molar-refractivity contribution in [1.29, 1.82) is 0 Å². The number of ether oxygens (including phenoxy) is 2. The Morgan fingerprint density at radius 2 is 1.79 bits per heavy atom. The SMILES string of the molecule is CC(C)C[C@@H](Oc1nc(Oc2cc(C(=O)N3CCCC3C(=O)O)cc(-c3cccc(CN)c3)c2)c(F)cc1F)C(=O)O. The van der Waals surface area contributed by atoms with Crippen molar-refractivity contribution in [3.05, 3.63) is 71.3 Å². The van der Waals surface area contributed by atoms with Crippen LogP contribution in [0.2, 0.25) is 0 Å². The number of amides is 1. The van der Waals surface area contributed by atoms with Gasteiger partial charge >= 0.3 is 11.9 Å². The normalized spacial score (nSPS) is 15.5. The van der Waals surface area contributed by atoms with Crippen molar-refractivity contribution in [2.24, 2.45) is 11.7 Å². The number of aliphatic carboxylic acids is 2. The molecule has 1 aliphatic rings. The minimum atomic E-state index is -1.43. The molecule has 2 aromatic carbocycles. The molecule has 4 N–H and O–H groups in total. The zero-order valence-electron chi connectivity index (χ0n) is 23.0.